The topological polar surface area (TPSA) is 43.8 Å². The van der Waals surface area contributed by atoms with Gasteiger partial charge in [0.2, 0.25) is 0 Å². The summed E-state index contributed by atoms with van der Waals surface area (Å²) < 4.78 is 0. The predicted molar refractivity (Wildman–Crippen MR) is 86.4 cm³/mol. The molecular weight excluding hydrogens is 311 g/mol. The lowest BCUT2D eigenvalue weighted by Gasteiger charge is -2.31. The summed E-state index contributed by atoms with van der Waals surface area (Å²) in [6.07, 6.45) is 1.38. The summed E-state index contributed by atoms with van der Waals surface area (Å²) in [5.74, 6) is -0.900. The number of hydrogen-bond donors (Lipinski definition) is 1. The van der Waals surface area contributed by atoms with E-state index in [9.17, 15) is 4.79 Å². The third kappa shape index (κ3) is 4.02. The second-order valence-electron chi connectivity index (χ2n) is 5.67. The van der Waals surface area contributed by atoms with Gasteiger partial charge in [-0.05, 0) is 38.1 Å². The van der Waals surface area contributed by atoms with Crippen molar-refractivity contribution in [1.82, 2.24) is 4.90 Å². The van der Waals surface area contributed by atoms with Crippen molar-refractivity contribution in [3.05, 3.63) is 27.7 Å². The number of aliphatic carboxylic acids is 1. The lowest BCUT2D eigenvalue weighted by Crippen LogP contribution is -2.36. The summed E-state index contributed by atoms with van der Waals surface area (Å²) in [6.45, 7) is 2.28. The van der Waals surface area contributed by atoms with Gasteiger partial charge in [-0.1, -0.05) is 23.2 Å². The van der Waals surface area contributed by atoms with Crippen LogP contribution in [-0.2, 0) is 11.3 Å². The molecule has 116 valence electrons. The van der Waals surface area contributed by atoms with Crippen molar-refractivity contribution in [2.24, 2.45) is 5.92 Å². The number of carboxylic acids is 1. The zero-order chi connectivity index (χ0) is 15.6. The van der Waals surface area contributed by atoms with Gasteiger partial charge in [0.1, 0.15) is 0 Å². The first-order valence-corrected chi connectivity index (χ1v) is 7.74. The highest BCUT2D eigenvalue weighted by molar-refractivity contribution is 6.35. The zero-order valence-corrected chi connectivity index (χ0v) is 13.8. The zero-order valence-electron chi connectivity index (χ0n) is 12.3. The van der Waals surface area contributed by atoms with Crippen molar-refractivity contribution in [1.29, 1.82) is 0 Å². The van der Waals surface area contributed by atoms with E-state index in [1.165, 1.54) is 0 Å². The molecule has 0 aromatic heterocycles. The Morgan fingerprint density at radius 3 is 2.48 bits per heavy atom. The van der Waals surface area contributed by atoms with Crippen LogP contribution in [-0.4, -0.2) is 43.2 Å². The molecule has 0 spiro atoms. The molecule has 1 aromatic carbocycles. The van der Waals surface area contributed by atoms with Crippen LogP contribution in [0.5, 0.6) is 0 Å². The Bertz CT molecular complexity index is 527. The van der Waals surface area contributed by atoms with Crippen LogP contribution in [0.4, 0.5) is 5.69 Å². The lowest BCUT2D eigenvalue weighted by molar-refractivity contribution is -0.143. The van der Waals surface area contributed by atoms with Gasteiger partial charge in [0.15, 0.2) is 0 Å². The quantitative estimate of drug-likeness (QED) is 0.919. The number of rotatable bonds is 4. The van der Waals surface area contributed by atoms with Crippen molar-refractivity contribution in [2.45, 2.75) is 19.4 Å². The Labute approximate surface area is 135 Å². The number of nitrogens with zero attached hydrogens (tertiary/aromatic N) is 2. The van der Waals surface area contributed by atoms with Crippen LogP contribution < -0.4 is 4.90 Å². The molecule has 1 fully saturated rings. The molecule has 0 amide bonds. The molecule has 2 rings (SSSR count). The Balaban J connectivity index is 2.12. The molecule has 0 saturated carbocycles. The average molecular weight is 331 g/mol. The van der Waals surface area contributed by atoms with Gasteiger partial charge in [0.25, 0.3) is 0 Å². The van der Waals surface area contributed by atoms with Gasteiger partial charge in [-0.15, -0.1) is 0 Å². The molecule has 0 aliphatic carbocycles. The molecule has 1 aliphatic rings. The van der Waals surface area contributed by atoms with Gasteiger partial charge < -0.3 is 10.0 Å². The maximum Gasteiger partial charge on any atom is 0.306 e. The number of carboxylic acid groups (broad SMARTS) is 1. The molecule has 1 aliphatic heterocycles. The van der Waals surface area contributed by atoms with E-state index in [0.29, 0.717) is 22.9 Å². The second-order valence-corrected chi connectivity index (χ2v) is 6.51. The average Bonchev–Trinajstić information content (AvgIpc) is 2.41. The maximum absolute atomic E-state index is 11.0. The van der Waals surface area contributed by atoms with E-state index in [4.69, 9.17) is 28.3 Å². The van der Waals surface area contributed by atoms with E-state index in [1.807, 2.05) is 25.1 Å². The van der Waals surface area contributed by atoms with Gasteiger partial charge in [-0.3, -0.25) is 9.69 Å². The van der Waals surface area contributed by atoms with Crippen molar-refractivity contribution in [2.75, 3.05) is 32.1 Å². The number of benzene rings is 1. The number of halogens is 2. The molecule has 0 bridgehead atoms. The monoisotopic (exact) mass is 330 g/mol. The summed E-state index contributed by atoms with van der Waals surface area (Å²) in [6, 6.07) is 3.67. The fraction of sp³-hybridized carbons (Fsp3) is 0.533. The summed E-state index contributed by atoms with van der Waals surface area (Å²) >= 11 is 12.4. The molecule has 1 aromatic rings. The molecule has 0 unspecified atom stereocenters. The van der Waals surface area contributed by atoms with Crippen molar-refractivity contribution in [3.8, 4) is 0 Å². The number of likely N-dealkylation sites (tertiary alicyclic amines) is 1. The van der Waals surface area contributed by atoms with E-state index in [1.54, 1.807) is 6.07 Å². The highest BCUT2D eigenvalue weighted by atomic mass is 35.5. The van der Waals surface area contributed by atoms with Gasteiger partial charge in [0.05, 0.1) is 5.92 Å². The van der Waals surface area contributed by atoms with Crippen molar-refractivity contribution >= 4 is 34.9 Å². The molecule has 6 heteroatoms. The Kier molecular flexibility index (Phi) is 5.36. The minimum Gasteiger partial charge on any atom is -0.481 e. The van der Waals surface area contributed by atoms with Gasteiger partial charge in [0, 0.05) is 41.9 Å². The fourth-order valence-electron chi connectivity index (χ4n) is 2.71. The molecule has 1 N–H and O–H groups in total. The largest absolute Gasteiger partial charge is 0.481 e. The van der Waals surface area contributed by atoms with Crippen LogP contribution in [0, 0.1) is 5.92 Å². The van der Waals surface area contributed by atoms with Crippen LogP contribution in [0.1, 0.15) is 18.4 Å². The first kappa shape index (κ1) is 16.4. The molecule has 0 atom stereocenters. The van der Waals surface area contributed by atoms with E-state index in [2.05, 4.69) is 4.90 Å². The second kappa shape index (κ2) is 6.86. The van der Waals surface area contributed by atoms with Crippen LogP contribution in [0.3, 0.4) is 0 Å². The highest BCUT2D eigenvalue weighted by Crippen LogP contribution is 2.32. The predicted octanol–water partition coefficient (Wildman–Crippen LogP) is 3.36. The lowest BCUT2D eigenvalue weighted by atomic mass is 9.96. The molecular formula is C15H20Cl2N2O2. The Morgan fingerprint density at radius 2 is 1.95 bits per heavy atom. The molecule has 0 radical (unpaired) electrons. The summed E-state index contributed by atoms with van der Waals surface area (Å²) in [5, 5.41) is 10.3. The number of hydrogen-bond acceptors (Lipinski definition) is 3. The van der Waals surface area contributed by atoms with E-state index in [-0.39, 0.29) is 5.92 Å². The minimum atomic E-state index is -0.687. The first-order chi connectivity index (χ1) is 9.88. The smallest absolute Gasteiger partial charge is 0.306 e. The highest BCUT2D eigenvalue weighted by Gasteiger charge is 2.25. The maximum atomic E-state index is 11.0. The van der Waals surface area contributed by atoms with Crippen LogP contribution in [0.2, 0.25) is 10.0 Å². The summed E-state index contributed by atoms with van der Waals surface area (Å²) in [7, 11) is 3.92. The van der Waals surface area contributed by atoms with Gasteiger partial charge in [-0.2, -0.15) is 0 Å². The number of carbonyl (C=O) groups is 1. The van der Waals surface area contributed by atoms with Crippen LogP contribution >= 0.6 is 23.2 Å². The Morgan fingerprint density at radius 1 is 1.33 bits per heavy atom. The normalized spacial score (nSPS) is 17.0. The molecule has 1 heterocycles. The van der Waals surface area contributed by atoms with Crippen LogP contribution in [0.25, 0.3) is 0 Å². The number of anilines is 1. The Hall–Kier alpha value is -0.970. The molecule has 21 heavy (non-hydrogen) atoms. The SMILES string of the molecule is CN(C)c1cc(Cl)cc(Cl)c1CN1CCC(C(=O)O)CC1. The third-order valence-electron chi connectivity index (χ3n) is 3.94. The standard InChI is InChI=1S/C15H20Cl2N2O2/c1-18(2)14-8-11(16)7-13(17)12(14)9-19-5-3-10(4-6-19)15(20)21/h7-8,10H,3-6,9H2,1-2H3,(H,20,21). The summed E-state index contributed by atoms with van der Waals surface area (Å²) in [4.78, 5) is 15.2. The van der Waals surface area contributed by atoms with Gasteiger partial charge in [-0.25, -0.2) is 0 Å². The summed E-state index contributed by atoms with van der Waals surface area (Å²) in [5.41, 5.74) is 2.05. The number of piperidine rings is 1. The first-order valence-electron chi connectivity index (χ1n) is 6.99. The third-order valence-corrected chi connectivity index (χ3v) is 4.49. The van der Waals surface area contributed by atoms with E-state index < -0.39 is 5.97 Å². The van der Waals surface area contributed by atoms with Gasteiger partial charge >= 0.3 is 5.97 Å². The molecule has 1 saturated heterocycles. The van der Waals surface area contributed by atoms with Crippen molar-refractivity contribution < 1.29 is 9.90 Å². The fourth-order valence-corrected chi connectivity index (χ4v) is 3.25. The van der Waals surface area contributed by atoms with Crippen LogP contribution in [0.15, 0.2) is 12.1 Å². The van der Waals surface area contributed by atoms with Crippen molar-refractivity contribution in [3.63, 3.8) is 0 Å². The minimum absolute atomic E-state index is 0.213. The van der Waals surface area contributed by atoms with E-state index >= 15 is 0 Å². The van der Waals surface area contributed by atoms with E-state index in [0.717, 1.165) is 30.9 Å². The molecule has 4 nitrogen and oxygen atoms in total.